The first-order valence-electron chi connectivity index (χ1n) is 6.49. The number of nitrogens with zero attached hydrogens (tertiary/aromatic N) is 1. The van der Waals surface area contributed by atoms with E-state index in [0.29, 0.717) is 5.69 Å². The summed E-state index contributed by atoms with van der Waals surface area (Å²) in [6.45, 7) is 1.22. The molecule has 21 heavy (non-hydrogen) atoms. The van der Waals surface area contributed by atoms with Gasteiger partial charge in [0.2, 0.25) is 17.7 Å². The number of anilines is 1. The van der Waals surface area contributed by atoms with Gasteiger partial charge in [0.15, 0.2) is 0 Å². The zero-order valence-electron chi connectivity index (χ0n) is 11.9. The molecular weight excluding hydrogens is 272 g/mol. The van der Waals surface area contributed by atoms with E-state index in [1.807, 2.05) is 19.1 Å². The van der Waals surface area contributed by atoms with Crippen LogP contribution in [0.1, 0.15) is 24.8 Å². The van der Waals surface area contributed by atoms with Gasteiger partial charge in [-0.25, -0.2) is 0 Å². The lowest BCUT2D eigenvalue weighted by Gasteiger charge is -2.21. The first-order chi connectivity index (χ1) is 9.79. The Kier molecular flexibility index (Phi) is 5.71. The second kappa shape index (κ2) is 7.28. The molecule has 0 bridgehead atoms. The quantitative estimate of drug-likeness (QED) is 0.587. The predicted molar refractivity (Wildman–Crippen MR) is 78.9 cm³/mol. The van der Waals surface area contributed by atoms with Gasteiger partial charge in [0, 0.05) is 12.1 Å². The van der Waals surface area contributed by atoms with E-state index in [4.69, 9.17) is 17.2 Å². The molecule has 0 radical (unpaired) electrons. The summed E-state index contributed by atoms with van der Waals surface area (Å²) in [6, 6.07) is 7.17. The smallest absolute Gasteiger partial charge is 0.237 e. The van der Waals surface area contributed by atoms with Gasteiger partial charge in [0.05, 0.1) is 13.1 Å². The van der Waals surface area contributed by atoms with Crippen LogP contribution >= 0.6 is 0 Å². The number of primary amides is 2. The molecule has 1 rings (SSSR count). The van der Waals surface area contributed by atoms with Crippen molar-refractivity contribution in [3.8, 4) is 0 Å². The Bertz CT molecular complexity index is 512. The maximum Gasteiger partial charge on any atom is 0.237 e. The molecule has 0 fully saturated rings. The van der Waals surface area contributed by atoms with Crippen molar-refractivity contribution in [2.24, 2.45) is 11.5 Å². The number of nitrogen functional groups attached to an aromatic ring is 1. The highest BCUT2D eigenvalue weighted by molar-refractivity contribution is 5.88. The molecule has 6 N–H and O–H groups in total. The zero-order chi connectivity index (χ0) is 16.0. The molecule has 0 aliphatic carbocycles. The minimum absolute atomic E-state index is 0.0821. The summed E-state index contributed by atoms with van der Waals surface area (Å²) in [5.41, 5.74) is 17.3. The Labute approximate surface area is 123 Å². The number of rotatable bonds is 7. The van der Waals surface area contributed by atoms with E-state index in [0.717, 1.165) is 10.5 Å². The maximum atomic E-state index is 12.2. The van der Waals surface area contributed by atoms with E-state index in [9.17, 15) is 14.4 Å². The molecule has 114 valence electrons. The van der Waals surface area contributed by atoms with E-state index in [-0.39, 0.29) is 31.3 Å². The number of carbonyl (C=O) groups is 3. The average molecular weight is 292 g/mol. The molecule has 0 saturated carbocycles. The molecule has 0 aromatic heterocycles. The number of carbonyl (C=O) groups excluding carboxylic acids is 3. The van der Waals surface area contributed by atoms with Gasteiger partial charge < -0.3 is 22.1 Å². The fourth-order valence-electron chi connectivity index (χ4n) is 1.94. The van der Waals surface area contributed by atoms with Crippen LogP contribution in [0.25, 0.3) is 0 Å². The topological polar surface area (TPSA) is 133 Å². The number of hydrogen-bond donors (Lipinski definition) is 3. The summed E-state index contributed by atoms with van der Waals surface area (Å²) in [5.74, 6) is -1.81. The second-order valence-corrected chi connectivity index (χ2v) is 4.95. The van der Waals surface area contributed by atoms with Crippen LogP contribution in [0.2, 0.25) is 0 Å². The van der Waals surface area contributed by atoms with Gasteiger partial charge in [-0.3, -0.25) is 14.4 Å². The number of nitrogens with two attached hydrogens (primary N) is 3. The molecule has 0 aliphatic heterocycles. The van der Waals surface area contributed by atoms with Crippen molar-refractivity contribution in [1.82, 2.24) is 4.90 Å². The van der Waals surface area contributed by atoms with E-state index in [1.165, 1.54) is 0 Å². The van der Waals surface area contributed by atoms with Gasteiger partial charge in [0.1, 0.15) is 0 Å². The Morgan fingerprint density at radius 2 is 1.52 bits per heavy atom. The average Bonchev–Trinajstić information content (AvgIpc) is 2.37. The van der Waals surface area contributed by atoms with Crippen LogP contribution in [0.5, 0.6) is 0 Å². The molecule has 0 heterocycles. The van der Waals surface area contributed by atoms with Crippen LogP contribution < -0.4 is 17.2 Å². The minimum Gasteiger partial charge on any atom is -0.399 e. The van der Waals surface area contributed by atoms with Gasteiger partial charge in [-0.15, -0.1) is 0 Å². The third-order valence-corrected chi connectivity index (χ3v) is 3.03. The minimum atomic E-state index is -0.690. The fourth-order valence-corrected chi connectivity index (χ4v) is 1.94. The third-order valence-electron chi connectivity index (χ3n) is 3.03. The Balaban J connectivity index is 2.73. The predicted octanol–water partition coefficient (Wildman–Crippen LogP) is -0.438. The molecule has 0 saturated heterocycles. The highest BCUT2D eigenvalue weighted by Gasteiger charge is 2.20. The first-order valence-corrected chi connectivity index (χ1v) is 6.49. The first kappa shape index (κ1) is 16.5. The molecule has 1 unspecified atom stereocenters. The van der Waals surface area contributed by atoms with Crippen molar-refractivity contribution in [2.45, 2.75) is 19.3 Å². The number of benzene rings is 1. The molecular formula is C14H20N4O3. The third kappa shape index (κ3) is 5.52. The summed E-state index contributed by atoms with van der Waals surface area (Å²) in [6.07, 6.45) is 0.143. The molecule has 7 heteroatoms. The normalized spacial score (nSPS) is 11.7. The Morgan fingerprint density at radius 3 is 1.95 bits per heavy atom. The molecule has 1 aromatic carbocycles. The van der Waals surface area contributed by atoms with Crippen molar-refractivity contribution in [1.29, 1.82) is 0 Å². The SMILES string of the molecule is CC(CC(=O)N(CC(N)=O)CC(N)=O)c1ccc(N)cc1. The monoisotopic (exact) mass is 292 g/mol. The van der Waals surface area contributed by atoms with Crippen LogP contribution in [0.4, 0.5) is 5.69 Å². The summed E-state index contributed by atoms with van der Waals surface area (Å²) < 4.78 is 0. The molecule has 0 spiro atoms. The van der Waals surface area contributed by atoms with Crippen molar-refractivity contribution < 1.29 is 14.4 Å². The van der Waals surface area contributed by atoms with Crippen molar-refractivity contribution in [3.05, 3.63) is 29.8 Å². The fraction of sp³-hybridized carbons (Fsp3) is 0.357. The van der Waals surface area contributed by atoms with Crippen LogP contribution in [0.3, 0.4) is 0 Å². The zero-order valence-corrected chi connectivity index (χ0v) is 11.9. The Hall–Kier alpha value is -2.57. The van der Waals surface area contributed by atoms with Gasteiger partial charge in [0.25, 0.3) is 0 Å². The standard InChI is InChI=1S/C14H20N4O3/c1-9(10-2-4-11(15)5-3-10)6-14(21)18(7-12(16)19)8-13(17)20/h2-5,9H,6-8,15H2,1H3,(H2,16,19)(H2,17,20). The molecule has 1 aromatic rings. The molecule has 7 nitrogen and oxygen atoms in total. The van der Waals surface area contributed by atoms with Gasteiger partial charge in [-0.1, -0.05) is 19.1 Å². The lowest BCUT2D eigenvalue weighted by Crippen LogP contribution is -2.43. The molecule has 3 amide bonds. The van der Waals surface area contributed by atoms with Crippen molar-refractivity contribution in [3.63, 3.8) is 0 Å². The summed E-state index contributed by atoms with van der Waals surface area (Å²) >= 11 is 0. The lowest BCUT2D eigenvalue weighted by molar-refractivity contribution is -0.138. The lowest BCUT2D eigenvalue weighted by atomic mass is 9.97. The summed E-state index contributed by atoms with van der Waals surface area (Å²) in [4.78, 5) is 35.1. The maximum absolute atomic E-state index is 12.2. The van der Waals surface area contributed by atoms with E-state index in [1.54, 1.807) is 12.1 Å². The molecule has 1 atom stereocenters. The van der Waals surface area contributed by atoms with Crippen LogP contribution in [0.15, 0.2) is 24.3 Å². The highest BCUT2D eigenvalue weighted by atomic mass is 16.2. The van der Waals surface area contributed by atoms with E-state index < -0.39 is 11.8 Å². The van der Waals surface area contributed by atoms with Gasteiger partial charge in [-0.05, 0) is 23.6 Å². The summed E-state index contributed by atoms with van der Waals surface area (Å²) in [7, 11) is 0. The molecule has 0 aliphatic rings. The van der Waals surface area contributed by atoms with Gasteiger partial charge >= 0.3 is 0 Å². The second-order valence-electron chi connectivity index (χ2n) is 4.95. The van der Waals surface area contributed by atoms with E-state index in [2.05, 4.69) is 0 Å². The van der Waals surface area contributed by atoms with Crippen LogP contribution in [-0.4, -0.2) is 35.7 Å². The van der Waals surface area contributed by atoms with Crippen LogP contribution in [-0.2, 0) is 14.4 Å². The Morgan fingerprint density at radius 1 is 1.05 bits per heavy atom. The van der Waals surface area contributed by atoms with Crippen molar-refractivity contribution in [2.75, 3.05) is 18.8 Å². The summed E-state index contributed by atoms with van der Waals surface area (Å²) in [5, 5.41) is 0. The largest absolute Gasteiger partial charge is 0.399 e. The highest BCUT2D eigenvalue weighted by Crippen LogP contribution is 2.21. The number of hydrogen-bond acceptors (Lipinski definition) is 4. The van der Waals surface area contributed by atoms with Crippen molar-refractivity contribution >= 4 is 23.4 Å². The van der Waals surface area contributed by atoms with Gasteiger partial charge in [-0.2, -0.15) is 0 Å². The van der Waals surface area contributed by atoms with E-state index >= 15 is 0 Å². The van der Waals surface area contributed by atoms with Crippen LogP contribution in [0, 0.1) is 0 Å². The number of amides is 3.